The van der Waals surface area contributed by atoms with Crippen LogP contribution in [0, 0.1) is 0 Å². The van der Waals surface area contributed by atoms with E-state index in [1.54, 1.807) is 35.8 Å². The topological polar surface area (TPSA) is 79.7 Å². The maximum atomic E-state index is 13.1. The lowest BCUT2D eigenvalue weighted by Gasteiger charge is -2.23. The van der Waals surface area contributed by atoms with Crippen LogP contribution in [0.1, 0.15) is 49.4 Å². The van der Waals surface area contributed by atoms with Crippen LogP contribution < -0.4 is 9.64 Å². The van der Waals surface area contributed by atoms with E-state index >= 15 is 0 Å². The van der Waals surface area contributed by atoms with Gasteiger partial charge < -0.3 is 9.84 Å². The summed E-state index contributed by atoms with van der Waals surface area (Å²) >= 11 is 1.27. The molecule has 1 atom stereocenters. The second-order valence-electron chi connectivity index (χ2n) is 7.76. The molecule has 1 aromatic heterocycles. The van der Waals surface area contributed by atoms with Crippen molar-refractivity contribution in [3.05, 3.63) is 82.4 Å². The van der Waals surface area contributed by atoms with Crippen LogP contribution in [-0.2, 0) is 9.59 Å². The van der Waals surface area contributed by atoms with Gasteiger partial charge in [-0.3, -0.25) is 14.5 Å². The zero-order chi connectivity index (χ0) is 22.8. The van der Waals surface area contributed by atoms with Crippen molar-refractivity contribution < 1.29 is 19.4 Å². The number of hydrogen-bond acceptors (Lipinski definition) is 6. The molecule has 0 bridgehead atoms. The minimum atomic E-state index is -0.770. The Bertz CT molecular complexity index is 1150. The highest BCUT2D eigenvalue weighted by Gasteiger charge is 2.47. The number of hydrogen-bond donors (Lipinski definition) is 1. The maximum absolute atomic E-state index is 13.1. The fourth-order valence-electron chi connectivity index (χ4n) is 3.77. The molecule has 7 heteroatoms. The molecular formula is C25H24N2O4S. The number of amides is 1. The van der Waals surface area contributed by atoms with Gasteiger partial charge in [0.25, 0.3) is 5.78 Å². The molecule has 1 fully saturated rings. The molecule has 2 heterocycles. The van der Waals surface area contributed by atoms with Crippen molar-refractivity contribution in [2.75, 3.05) is 11.5 Å². The summed E-state index contributed by atoms with van der Waals surface area (Å²) in [7, 11) is 0. The number of Topliss-reactive ketones (excluding diaryl/α,β-unsaturated/α-hetero) is 1. The Morgan fingerprint density at radius 1 is 1.12 bits per heavy atom. The molecule has 1 amide bonds. The Kier molecular flexibility index (Phi) is 6.10. The Morgan fingerprint density at radius 2 is 1.81 bits per heavy atom. The predicted molar refractivity (Wildman–Crippen MR) is 125 cm³/mol. The molecular weight excluding hydrogens is 424 g/mol. The third-order valence-corrected chi connectivity index (χ3v) is 6.20. The van der Waals surface area contributed by atoms with Crippen molar-refractivity contribution in [2.24, 2.45) is 0 Å². The average Bonchev–Trinajstić information content (AvgIpc) is 3.41. The minimum absolute atomic E-state index is 0.0478. The summed E-state index contributed by atoms with van der Waals surface area (Å²) in [5.74, 6) is -0.648. The fourth-order valence-corrected chi connectivity index (χ4v) is 4.44. The van der Waals surface area contributed by atoms with E-state index in [1.807, 2.05) is 31.2 Å². The number of benzene rings is 2. The van der Waals surface area contributed by atoms with Gasteiger partial charge in [0.2, 0.25) is 0 Å². The van der Waals surface area contributed by atoms with Crippen LogP contribution in [0.3, 0.4) is 0 Å². The second kappa shape index (κ2) is 8.96. The molecule has 1 aliphatic heterocycles. The lowest BCUT2D eigenvalue weighted by atomic mass is 9.93. The molecule has 0 spiro atoms. The van der Waals surface area contributed by atoms with E-state index in [0.717, 1.165) is 11.1 Å². The first kappa shape index (κ1) is 21.8. The number of rotatable bonds is 6. The molecule has 1 saturated heterocycles. The molecule has 164 valence electrons. The lowest BCUT2D eigenvalue weighted by molar-refractivity contribution is -0.132. The number of ketones is 1. The Labute approximate surface area is 190 Å². The molecule has 0 saturated carbocycles. The van der Waals surface area contributed by atoms with Gasteiger partial charge in [-0.05, 0) is 48.2 Å². The Balaban J connectivity index is 1.85. The molecule has 0 radical (unpaired) electrons. The zero-order valence-electron chi connectivity index (χ0n) is 18.1. The number of carbonyl (C=O) groups excluding carboxylic acids is 2. The highest BCUT2D eigenvalue weighted by Crippen LogP contribution is 2.43. The van der Waals surface area contributed by atoms with Crippen molar-refractivity contribution >= 4 is 33.9 Å². The highest BCUT2D eigenvalue weighted by molar-refractivity contribution is 7.14. The molecule has 1 aliphatic rings. The summed E-state index contributed by atoms with van der Waals surface area (Å²) in [5, 5.41) is 13.3. The number of aliphatic hydroxyl groups is 1. The van der Waals surface area contributed by atoms with Gasteiger partial charge in [0, 0.05) is 17.1 Å². The first-order chi connectivity index (χ1) is 15.4. The van der Waals surface area contributed by atoms with Crippen molar-refractivity contribution in [3.8, 4) is 5.75 Å². The number of thiazole rings is 1. The Hall–Kier alpha value is -3.45. The number of aromatic nitrogens is 1. The van der Waals surface area contributed by atoms with Gasteiger partial charge in [-0.1, -0.05) is 38.1 Å². The van der Waals surface area contributed by atoms with Crippen LogP contribution >= 0.6 is 11.3 Å². The number of carbonyl (C=O) groups is 2. The summed E-state index contributed by atoms with van der Waals surface area (Å²) < 4.78 is 5.46. The van der Waals surface area contributed by atoms with E-state index in [4.69, 9.17) is 4.74 Å². The zero-order valence-corrected chi connectivity index (χ0v) is 18.9. The van der Waals surface area contributed by atoms with Crippen molar-refractivity contribution in [2.45, 2.75) is 32.7 Å². The van der Waals surface area contributed by atoms with Gasteiger partial charge >= 0.3 is 5.91 Å². The third-order valence-electron chi connectivity index (χ3n) is 5.43. The summed E-state index contributed by atoms with van der Waals surface area (Å²) in [6.07, 6.45) is 1.59. The highest BCUT2D eigenvalue weighted by atomic mass is 32.1. The van der Waals surface area contributed by atoms with Crippen molar-refractivity contribution in [1.29, 1.82) is 0 Å². The summed E-state index contributed by atoms with van der Waals surface area (Å²) in [4.78, 5) is 31.7. The van der Waals surface area contributed by atoms with Gasteiger partial charge in [-0.15, -0.1) is 11.3 Å². The summed E-state index contributed by atoms with van der Waals surface area (Å²) in [6.45, 7) is 6.61. The largest absolute Gasteiger partial charge is 0.507 e. The average molecular weight is 449 g/mol. The van der Waals surface area contributed by atoms with Crippen LogP contribution in [-0.4, -0.2) is 28.4 Å². The third kappa shape index (κ3) is 3.91. The predicted octanol–water partition coefficient (Wildman–Crippen LogP) is 5.29. The number of ether oxygens (including phenoxy) is 1. The first-order valence-electron chi connectivity index (χ1n) is 10.5. The number of nitrogens with zero attached hydrogens (tertiary/aromatic N) is 2. The minimum Gasteiger partial charge on any atom is -0.507 e. The second-order valence-corrected chi connectivity index (χ2v) is 8.64. The quantitative estimate of drug-likeness (QED) is 0.315. The summed E-state index contributed by atoms with van der Waals surface area (Å²) in [6, 6.07) is 13.8. The number of anilines is 1. The van der Waals surface area contributed by atoms with Crippen molar-refractivity contribution in [1.82, 2.24) is 4.98 Å². The van der Waals surface area contributed by atoms with Gasteiger partial charge in [-0.2, -0.15) is 0 Å². The molecule has 4 rings (SSSR count). The van der Waals surface area contributed by atoms with Gasteiger partial charge in [0.05, 0.1) is 18.2 Å². The maximum Gasteiger partial charge on any atom is 0.301 e. The molecule has 32 heavy (non-hydrogen) atoms. The van der Waals surface area contributed by atoms with E-state index in [9.17, 15) is 14.7 Å². The van der Waals surface area contributed by atoms with Gasteiger partial charge in [0.1, 0.15) is 11.5 Å². The summed E-state index contributed by atoms with van der Waals surface area (Å²) in [5.41, 5.74) is 2.36. The fraction of sp³-hybridized carbons (Fsp3) is 0.240. The van der Waals surface area contributed by atoms with E-state index in [-0.39, 0.29) is 11.3 Å². The van der Waals surface area contributed by atoms with E-state index in [1.165, 1.54) is 16.2 Å². The first-order valence-corrected chi connectivity index (χ1v) is 11.3. The molecule has 0 aliphatic carbocycles. The van der Waals surface area contributed by atoms with Gasteiger partial charge in [0.15, 0.2) is 5.13 Å². The normalized spacial score (nSPS) is 17.9. The van der Waals surface area contributed by atoms with Crippen LogP contribution in [0.2, 0.25) is 0 Å². The van der Waals surface area contributed by atoms with Crippen LogP contribution in [0.5, 0.6) is 5.75 Å². The van der Waals surface area contributed by atoms with E-state index in [2.05, 4.69) is 18.8 Å². The van der Waals surface area contributed by atoms with Crippen LogP contribution in [0.15, 0.2) is 65.7 Å². The van der Waals surface area contributed by atoms with E-state index < -0.39 is 17.7 Å². The molecule has 1 N–H and O–H groups in total. The molecule has 6 nitrogen and oxygen atoms in total. The number of aliphatic hydroxyl groups excluding tert-OH is 1. The van der Waals surface area contributed by atoms with Crippen molar-refractivity contribution in [3.63, 3.8) is 0 Å². The van der Waals surface area contributed by atoms with Gasteiger partial charge in [-0.25, -0.2) is 4.98 Å². The SMILES string of the molecule is CCOc1ccc(C(O)=C2C(=O)C(=O)N(c3nccs3)C2c2ccc(C(C)C)cc2)cc1. The lowest BCUT2D eigenvalue weighted by Crippen LogP contribution is -2.29. The Morgan fingerprint density at radius 3 is 2.38 bits per heavy atom. The molecule has 3 aromatic rings. The molecule has 2 aromatic carbocycles. The van der Waals surface area contributed by atoms with Crippen LogP contribution in [0.25, 0.3) is 5.76 Å². The van der Waals surface area contributed by atoms with E-state index in [0.29, 0.717) is 29.0 Å². The monoisotopic (exact) mass is 448 g/mol. The standard InChI is InChI=1S/C25H24N2O4S/c1-4-31-19-11-9-18(10-12-19)22(28)20-21(17-7-5-16(6-8-17)15(2)3)27(24(30)23(20)29)25-26-13-14-32-25/h5-15,21,28H,4H2,1-3H3. The van der Waals surface area contributed by atoms with Crippen LogP contribution in [0.4, 0.5) is 5.13 Å². The smallest absolute Gasteiger partial charge is 0.301 e. The molecule has 1 unspecified atom stereocenters.